The summed E-state index contributed by atoms with van der Waals surface area (Å²) in [5.74, 6) is -4.81. The molecule has 0 fully saturated rings. The summed E-state index contributed by atoms with van der Waals surface area (Å²) >= 11 is 0. The molecule has 1 aliphatic rings. The maximum Gasteiger partial charge on any atom is 0.194 e. The number of alkyl halides is 1. The summed E-state index contributed by atoms with van der Waals surface area (Å²) in [6.07, 6.45) is -2.26. The van der Waals surface area contributed by atoms with Crippen LogP contribution in [0.25, 0.3) is 5.57 Å². The molecule has 100 valence electrons. The number of halogens is 4. The van der Waals surface area contributed by atoms with E-state index in [0.29, 0.717) is 11.1 Å². The van der Waals surface area contributed by atoms with Crippen LogP contribution in [-0.4, -0.2) is 6.17 Å². The molecule has 0 radical (unpaired) electrons. The van der Waals surface area contributed by atoms with Crippen molar-refractivity contribution in [3.8, 4) is 0 Å². The van der Waals surface area contributed by atoms with Crippen LogP contribution in [0.15, 0.2) is 59.0 Å². The van der Waals surface area contributed by atoms with Gasteiger partial charge in [-0.15, -0.1) is 0 Å². The summed E-state index contributed by atoms with van der Waals surface area (Å²) in [6.45, 7) is 3.07. The molecule has 0 saturated carbocycles. The van der Waals surface area contributed by atoms with Crippen molar-refractivity contribution in [3.05, 3.63) is 64.5 Å². The normalized spacial score (nSPS) is 20.1. The summed E-state index contributed by atoms with van der Waals surface area (Å²) in [6, 6.07) is 8.00. The molecule has 4 heteroatoms. The summed E-state index contributed by atoms with van der Waals surface area (Å²) in [7, 11) is 0. The zero-order valence-electron chi connectivity index (χ0n) is 10.5. The summed E-state index contributed by atoms with van der Waals surface area (Å²) < 4.78 is 54.6. The van der Waals surface area contributed by atoms with Crippen LogP contribution in [0.4, 0.5) is 17.6 Å². The van der Waals surface area contributed by atoms with Gasteiger partial charge in [0.15, 0.2) is 23.7 Å². The van der Waals surface area contributed by atoms with Crippen molar-refractivity contribution in [1.29, 1.82) is 0 Å². The number of allylic oxidation sites excluding steroid dienone is 6. The molecule has 0 nitrogen and oxygen atoms in total. The average molecular weight is 268 g/mol. The maximum absolute atomic E-state index is 14.0. The first-order chi connectivity index (χ1) is 8.95. The molecule has 1 unspecified atom stereocenters. The van der Waals surface area contributed by atoms with E-state index in [1.807, 2.05) is 0 Å². The van der Waals surface area contributed by atoms with E-state index >= 15 is 0 Å². The van der Waals surface area contributed by atoms with Crippen LogP contribution in [0.2, 0.25) is 0 Å². The molecule has 0 heterocycles. The number of benzene rings is 1. The molecule has 0 aromatic heterocycles. The third kappa shape index (κ3) is 2.23. The second-order valence-corrected chi connectivity index (χ2v) is 4.49. The maximum atomic E-state index is 14.0. The van der Waals surface area contributed by atoms with Gasteiger partial charge in [-0.05, 0) is 19.4 Å². The Morgan fingerprint density at radius 2 is 1.53 bits per heavy atom. The minimum Gasteiger partial charge on any atom is -0.234 e. The van der Waals surface area contributed by atoms with E-state index in [9.17, 15) is 17.6 Å². The fraction of sp³-hybridized carbons (Fsp3) is 0.200. The zero-order chi connectivity index (χ0) is 14.2. The molecular weight excluding hydrogens is 256 g/mol. The Labute approximate surface area is 108 Å². The molecule has 0 N–H and O–H groups in total. The summed E-state index contributed by atoms with van der Waals surface area (Å²) in [5.41, 5.74) is 0.361. The van der Waals surface area contributed by atoms with E-state index in [1.54, 1.807) is 18.2 Å². The van der Waals surface area contributed by atoms with E-state index in [2.05, 4.69) is 0 Å². The van der Waals surface area contributed by atoms with E-state index in [1.165, 1.54) is 26.0 Å². The van der Waals surface area contributed by atoms with Gasteiger partial charge in [0.1, 0.15) is 0 Å². The molecule has 2 rings (SSSR count). The predicted octanol–water partition coefficient (Wildman–Crippen LogP) is 5.21. The third-order valence-corrected chi connectivity index (χ3v) is 2.97. The SMILES string of the molecule is CC(C)=C1C(c2ccccc2)=C(F)C(F)=C(F)C1F. The minimum absolute atomic E-state index is 0.150. The fourth-order valence-corrected chi connectivity index (χ4v) is 2.09. The molecule has 1 atom stereocenters. The molecule has 0 bridgehead atoms. The topological polar surface area (TPSA) is 0 Å². The number of rotatable bonds is 1. The van der Waals surface area contributed by atoms with Gasteiger partial charge in [-0.2, -0.15) is 0 Å². The lowest BCUT2D eigenvalue weighted by Gasteiger charge is -2.22. The Bertz CT molecular complexity index is 590. The molecule has 0 amide bonds. The minimum atomic E-state index is -2.26. The van der Waals surface area contributed by atoms with E-state index in [-0.39, 0.29) is 11.1 Å². The molecule has 0 saturated heterocycles. The highest BCUT2D eigenvalue weighted by atomic mass is 19.2. The van der Waals surface area contributed by atoms with Crippen LogP contribution >= 0.6 is 0 Å². The first-order valence-electron chi connectivity index (χ1n) is 5.77. The fourth-order valence-electron chi connectivity index (χ4n) is 2.09. The standard InChI is InChI=1S/C15H12F4/c1-8(2)10-11(9-6-4-3-5-7-9)13(17)15(19)14(18)12(10)16/h3-7,12H,1-2H3. The highest BCUT2D eigenvalue weighted by Gasteiger charge is 2.36. The zero-order valence-corrected chi connectivity index (χ0v) is 10.5. The van der Waals surface area contributed by atoms with Gasteiger partial charge < -0.3 is 0 Å². The summed E-state index contributed by atoms with van der Waals surface area (Å²) in [4.78, 5) is 0. The molecule has 19 heavy (non-hydrogen) atoms. The number of hydrogen-bond donors (Lipinski definition) is 0. The Kier molecular flexibility index (Phi) is 3.60. The molecular formula is C15H12F4. The average Bonchev–Trinajstić information content (AvgIpc) is 2.40. The van der Waals surface area contributed by atoms with Gasteiger partial charge in [0.2, 0.25) is 0 Å². The van der Waals surface area contributed by atoms with Gasteiger partial charge in [-0.3, -0.25) is 0 Å². The van der Waals surface area contributed by atoms with Crippen LogP contribution in [0.3, 0.4) is 0 Å². The highest BCUT2D eigenvalue weighted by molar-refractivity contribution is 5.86. The van der Waals surface area contributed by atoms with Gasteiger partial charge >= 0.3 is 0 Å². The van der Waals surface area contributed by atoms with Crippen LogP contribution in [-0.2, 0) is 0 Å². The Hall–Kier alpha value is -1.84. The molecule has 1 aromatic carbocycles. The predicted molar refractivity (Wildman–Crippen MR) is 67.0 cm³/mol. The van der Waals surface area contributed by atoms with Crippen LogP contribution in [0.1, 0.15) is 19.4 Å². The van der Waals surface area contributed by atoms with Crippen LogP contribution in [0, 0.1) is 0 Å². The first-order valence-corrected chi connectivity index (χ1v) is 5.77. The monoisotopic (exact) mass is 268 g/mol. The van der Waals surface area contributed by atoms with Crippen molar-refractivity contribution in [2.24, 2.45) is 0 Å². The second-order valence-electron chi connectivity index (χ2n) is 4.49. The largest absolute Gasteiger partial charge is 0.234 e. The van der Waals surface area contributed by atoms with E-state index < -0.39 is 23.7 Å². The van der Waals surface area contributed by atoms with Crippen molar-refractivity contribution in [2.45, 2.75) is 20.0 Å². The van der Waals surface area contributed by atoms with E-state index in [4.69, 9.17) is 0 Å². The molecule has 1 aromatic rings. The lowest BCUT2D eigenvalue weighted by Crippen LogP contribution is -2.16. The van der Waals surface area contributed by atoms with Crippen molar-refractivity contribution in [3.63, 3.8) is 0 Å². The molecule has 1 aliphatic carbocycles. The van der Waals surface area contributed by atoms with Crippen molar-refractivity contribution in [1.82, 2.24) is 0 Å². The van der Waals surface area contributed by atoms with Crippen molar-refractivity contribution >= 4 is 5.57 Å². The number of hydrogen-bond acceptors (Lipinski definition) is 0. The van der Waals surface area contributed by atoms with Gasteiger partial charge in [0, 0.05) is 11.1 Å². The van der Waals surface area contributed by atoms with Gasteiger partial charge in [-0.25, -0.2) is 17.6 Å². The Morgan fingerprint density at radius 3 is 2.05 bits per heavy atom. The Morgan fingerprint density at radius 1 is 0.947 bits per heavy atom. The van der Waals surface area contributed by atoms with Gasteiger partial charge in [0.25, 0.3) is 0 Å². The Balaban J connectivity index is 2.76. The molecule has 0 aliphatic heterocycles. The molecule has 0 spiro atoms. The highest BCUT2D eigenvalue weighted by Crippen LogP contribution is 2.44. The van der Waals surface area contributed by atoms with Crippen LogP contribution < -0.4 is 0 Å². The quantitative estimate of drug-likeness (QED) is 0.613. The van der Waals surface area contributed by atoms with Crippen molar-refractivity contribution in [2.75, 3.05) is 0 Å². The van der Waals surface area contributed by atoms with Crippen molar-refractivity contribution < 1.29 is 17.6 Å². The second kappa shape index (κ2) is 5.03. The summed E-state index contributed by atoms with van der Waals surface area (Å²) in [5, 5.41) is 0. The van der Waals surface area contributed by atoms with Gasteiger partial charge in [0.05, 0.1) is 0 Å². The van der Waals surface area contributed by atoms with Gasteiger partial charge in [-0.1, -0.05) is 35.9 Å². The third-order valence-electron chi connectivity index (χ3n) is 2.97. The lowest BCUT2D eigenvalue weighted by molar-refractivity contribution is 0.341. The van der Waals surface area contributed by atoms with E-state index in [0.717, 1.165) is 0 Å². The first kappa shape index (κ1) is 13.6. The lowest BCUT2D eigenvalue weighted by atomic mass is 9.86. The smallest absolute Gasteiger partial charge is 0.194 e. The van der Waals surface area contributed by atoms with Crippen LogP contribution in [0.5, 0.6) is 0 Å².